The second kappa shape index (κ2) is 10.2. The number of amides is 1. The quantitative estimate of drug-likeness (QED) is 0.630. The molecule has 0 spiro atoms. The molecule has 0 saturated carbocycles. The number of benzene rings is 1. The molecule has 0 aromatic heterocycles. The van der Waals surface area contributed by atoms with E-state index in [0.29, 0.717) is 24.5 Å². The molecule has 0 heterocycles. The van der Waals surface area contributed by atoms with Crippen LogP contribution in [0.1, 0.15) is 64.2 Å². The summed E-state index contributed by atoms with van der Waals surface area (Å²) in [4.78, 5) is 24.8. The van der Waals surface area contributed by atoms with Crippen molar-refractivity contribution in [2.24, 2.45) is 0 Å². The van der Waals surface area contributed by atoms with Gasteiger partial charge in [0.1, 0.15) is 16.9 Å². The molecule has 146 valence electrons. The first-order valence-electron chi connectivity index (χ1n) is 9.11. The Morgan fingerprint density at radius 3 is 2.46 bits per heavy atom. The lowest BCUT2D eigenvalue weighted by Crippen LogP contribution is -2.42. The van der Waals surface area contributed by atoms with E-state index in [1.807, 2.05) is 20.8 Å². The third-order valence-corrected chi connectivity index (χ3v) is 3.96. The monoisotopic (exact) mass is 365 g/mol. The predicted octanol–water partition coefficient (Wildman–Crippen LogP) is 4.18. The summed E-state index contributed by atoms with van der Waals surface area (Å²) in [7, 11) is 1.31. The number of carbonyl (C=O) groups is 2. The van der Waals surface area contributed by atoms with E-state index in [9.17, 15) is 9.59 Å². The molecule has 6 heteroatoms. The lowest BCUT2D eigenvalue weighted by Gasteiger charge is -2.28. The smallest absolute Gasteiger partial charge is 0.341 e. The highest BCUT2D eigenvalue weighted by Crippen LogP contribution is 2.27. The van der Waals surface area contributed by atoms with Crippen molar-refractivity contribution in [1.29, 1.82) is 0 Å². The normalized spacial score (nSPS) is 13.2. The van der Waals surface area contributed by atoms with Gasteiger partial charge in [0.05, 0.1) is 13.2 Å². The summed E-state index contributed by atoms with van der Waals surface area (Å²) in [5.41, 5.74) is -0.150. The van der Waals surface area contributed by atoms with Gasteiger partial charge >= 0.3 is 5.97 Å². The van der Waals surface area contributed by atoms with Crippen molar-refractivity contribution < 1.29 is 23.8 Å². The number of methoxy groups -OCH3 is 1. The Kier molecular flexibility index (Phi) is 8.58. The van der Waals surface area contributed by atoms with Crippen LogP contribution in [0.2, 0.25) is 0 Å². The average Bonchev–Trinajstić information content (AvgIpc) is 2.60. The first kappa shape index (κ1) is 22.0. The minimum atomic E-state index is -0.913. The van der Waals surface area contributed by atoms with Crippen LogP contribution < -0.4 is 10.1 Å². The number of anilines is 1. The highest BCUT2D eigenvalue weighted by atomic mass is 16.5. The Morgan fingerprint density at radius 1 is 1.23 bits per heavy atom. The molecule has 0 aliphatic rings. The van der Waals surface area contributed by atoms with E-state index < -0.39 is 11.6 Å². The molecule has 1 N–H and O–H groups in total. The molecule has 1 rings (SSSR count). The number of unbranched alkanes of at least 4 members (excludes halogenated alkanes) is 1. The molecule has 0 fully saturated rings. The van der Waals surface area contributed by atoms with Crippen molar-refractivity contribution in [1.82, 2.24) is 0 Å². The van der Waals surface area contributed by atoms with Crippen LogP contribution in [0, 0.1) is 0 Å². The Labute approximate surface area is 156 Å². The van der Waals surface area contributed by atoms with Crippen LogP contribution >= 0.6 is 0 Å². The second-order valence-electron chi connectivity index (χ2n) is 6.59. The standard InChI is InChI=1S/C20H31NO5/c1-7-9-12-20(5,25-8-2)19(23)21-15-10-11-17(26-14(3)4)16(13-15)18(22)24-6/h10-11,13-14H,7-9,12H2,1-6H3,(H,21,23)/t20-/m1/s1. The molecule has 0 radical (unpaired) electrons. The SMILES string of the molecule is CCCC[C@@](C)(OCC)C(=O)Nc1ccc(OC(C)C)c(C(=O)OC)c1. The third-order valence-electron chi connectivity index (χ3n) is 3.96. The number of nitrogens with one attached hydrogen (secondary N) is 1. The maximum Gasteiger partial charge on any atom is 0.341 e. The second-order valence-corrected chi connectivity index (χ2v) is 6.59. The van der Waals surface area contributed by atoms with Gasteiger partial charge in [-0.15, -0.1) is 0 Å². The van der Waals surface area contributed by atoms with Gasteiger partial charge in [-0.05, 0) is 52.3 Å². The van der Waals surface area contributed by atoms with Gasteiger partial charge < -0.3 is 19.5 Å². The fourth-order valence-corrected chi connectivity index (χ4v) is 2.58. The molecule has 6 nitrogen and oxygen atoms in total. The van der Waals surface area contributed by atoms with Gasteiger partial charge in [-0.2, -0.15) is 0 Å². The summed E-state index contributed by atoms with van der Waals surface area (Å²) in [6, 6.07) is 4.92. The van der Waals surface area contributed by atoms with E-state index in [4.69, 9.17) is 14.2 Å². The molecule has 26 heavy (non-hydrogen) atoms. The van der Waals surface area contributed by atoms with Crippen LogP contribution in [0.15, 0.2) is 18.2 Å². The van der Waals surface area contributed by atoms with Gasteiger partial charge in [0.15, 0.2) is 0 Å². The molecule has 0 bridgehead atoms. The molecule has 0 aliphatic heterocycles. The van der Waals surface area contributed by atoms with Crippen LogP contribution in [-0.4, -0.2) is 37.3 Å². The Balaban J connectivity index is 3.07. The summed E-state index contributed by atoms with van der Waals surface area (Å²) < 4.78 is 16.2. The molecule has 0 aliphatic carbocycles. The van der Waals surface area contributed by atoms with Gasteiger partial charge in [-0.25, -0.2) is 4.79 Å². The number of hydrogen-bond acceptors (Lipinski definition) is 5. The third kappa shape index (κ3) is 6.02. The summed E-state index contributed by atoms with van der Waals surface area (Å²) in [5, 5.41) is 2.85. The zero-order valence-electron chi connectivity index (χ0n) is 16.7. The minimum Gasteiger partial charge on any atom is -0.490 e. The van der Waals surface area contributed by atoms with Crippen LogP contribution in [0.4, 0.5) is 5.69 Å². The Bertz CT molecular complexity index is 614. The minimum absolute atomic E-state index is 0.0888. The Morgan fingerprint density at radius 2 is 1.92 bits per heavy atom. The van der Waals surface area contributed by atoms with E-state index in [0.717, 1.165) is 12.8 Å². The molecule has 1 atom stereocenters. The molecule has 1 aromatic rings. The van der Waals surface area contributed by atoms with Crippen LogP contribution in [-0.2, 0) is 14.3 Å². The van der Waals surface area contributed by atoms with E-state index in [2.05, 4.69) is 12.2 Å². The largest absolute Gasteiger partial charge is 0.490 e. The van der Waals surface area contributed by atoms with E-state index in [1.54, 1.807) is 25.1 Å². The van der Waals surface area contributed by atoms with Crippen LogP contribution in [0.25, 0.3) is 0 Å². The first-order valence-corrected chi connectivity index (χ1v) is 9.11. The van der Waals surface area contributed by atoms with E-state index >= 15 is 0 Å². The number of ether oxygens (including phenoxy) is 3. The fourth-order valence-electron chi connectivity index (χ4n) is 2.58. The highest BCUT2D eigenvalue weighted by molar-refractivity contribution is 5.99. The number of esters is 1. The van der Waals surface area contributed by atoms with Gasteiger partial charge in [0.2, 0.25) is 0 Å². The van der Waals surface area contributed by atoms with Crippen molar-refractivity contribution in [3.63, 3.8) is 0 Å². The predicted molar refractivity (Wildman–Crippen MR) is 102 cm³/mol. The molecule has 0 saturated heterocycles. The molecular weight excluding hydrogens is 334 g/mol. The van der Waals surface area contributed by atoms with Crippen LogP contribution in [0.5, 0.6) is 5.75 Å². The van der Waals surface area contributed by atoms with Crippen molar-refractivity contribution in [3.05, 3.63) is 23.8 Å². The summed E-state index contributed by atoms with van der Waals surface area (Å²) >= 11 is 0. The van der Waals surface area contributed by atoms with Crippen molar-refractivity contribution >= 4 is 17.6 Å². The maximum absolute atomic E-state index is 12.8. The lowest BCUT2D eigenvalue weighted by molar-refractivity contribution is -0.139. The zero-order valence-corrected chi connectivity index (χ0v) is 16.7. The average molecular weight is 365 g/mol. The van der Waals surface area contributed by atoms with Crippen molar-refractivity contribution in [3.8, 4) is 5.75 Å². The molecule has 1 aromatic carbocycles. The molecule has 0 unspecified atom stereocenters. The highest BCUT2D eigenvalue weighted by Gasteiger charge is 2.33. The number of carbonyl (C=O) groups excluding carboxylic acids is 2. The fraction of sp³-hybridized carbons (Fsp3) is 0.600. The van der Waals surface area contributed by atoms with Gasteiger partial charge in [-0.1, -0.05) is 19.8 Å². The summed E-state index contributed by atoms with van der Waals surface area (Å²) in [6.07, 6.45) is 2.40. The maximum atomic E-state index is 12.8. The Hall–Kier alpha value is -2.08. The van der Waals surface area contributed by atoms with Crippen molar-refractivity contribution in [2.75, 3.05) is 19.0 Å². The van der Waals surface area contributed by atoms with E-state index in [-0.39, 0.29) is 17.6 Å². The topological polar surface area (TPSA) is 73.9 Å². The van der Waals surface area contributed by atoms with Gasteiger partial charge in [0.25, 0.3) is 5.91 Å². The van der Waals surface area contributed by atoms with Crippen LogP contribution in [0.3, 0.4) is 0 Å². The van der Waals surface area contributed by atoms with Crippen molar-refractivity contribution in [2.45, 2.75) is 65.6 Å². The first-order chi connectivity index (χ1) is 12.3. The molecular formula is C20H31NO5. The number of hydrogen-bond donors (Lipinski definition) is 1. The van der Waals surface area contributed by atoms with E-state index in [1.165, 1.54) is 7.11 Å². The zero-order chi connectivity index (χ0) is 19.7. The van der Waals surface area contributed by atoms with Gasteiger partial charge in [-0.3, -0.25) is 4.79 Å². The van der Waals surface area contributed by atoms with Gasteiger partial charge in [0, 0.05) is 12.3 Å². The lowest BCUT2D eigenvalue weighted by atomic mass is 9.97. The molecule has 1 amide bonds. The summed E-state index contributed by atoms with van der Waals surface area (Å²) in [5.74, 6) is -0.333. The summed E-state index contributed by atoms with van der Waals surface area (Å²) in [6.45, 7) is 9.92. The number of rotatable bonds is 10.